The van der Waals surface area contributed by atoms with Gasteiger partial charge >= 0.3 is 0 Å². The molecular formula is C15H12N2. The first-order valence-corrected chi connectivity index (χ1v) is 5.75. The minimum Gasteiger partial charge on any atom is -0.339 e. The molecule has 0 radical (unpaired) electrons. The Morgan fingerprint density at radius 1 is 0.882 bits per heavy atom. The van der Waals surface area contributed by atoms with E-state index >= 15 is 0 Å². The van der Waals surface area contributed by atoms with E-state index in [1.54, 1.807) is 0 Å². The van der Waals surface area contributed by atoms with Gasteiger partial charge in [0.05, 0.1) is 12.5 Å². The molecule has 2 nitrogen and oxygen atoms in total. The molecule has 2 heteroatoms. The van der Waals surface area contributed by atoms with Crippen LogP contribution in [0.1, 0.15) is 6.42 Å². The quantitative estimate of drug-likeness (QED) is 0.647. The third kappa shape index (κ3) is 1.48. The largest absolute Gasteiger partial charge is 0.339 e. The van der Waals surface area contributed by atoms with Crippen molar-refractivity contribution in [2.24, 2.45) is 0 Å². The van der Waals surface area contributed by atoms with E-state index in [4.69, 9.17) is 5.26 Å². The first-order valence-electron chi connectivity index (χ1n) is 5.75. The van der Waals surface area contributed by atoms with Gasteiger partial charge in [0.25, 0.3) is 0 Å². The highest BCUT2D eigenvalue weighted by atomic mass is 15.0. The number of fused-ring (bicyclic) bond motifs is 3. The molecule has 0 unspecified atom stereocenters. The van der Waals surface area contributed by atoms with Crippen LogP contribution in [0.15, 0.2) is 48.5 Å². The Morgan fingerprint density at radius 2 is 1.41 bits per heavy atom. The SMILES string of the molecule is N#CCCn1c2ccccc2c2ccccc21. The molecule has 1 aromatic heterocycles. The van der Waals surface area contributed by atoms with Crippen molar-refractivity contribution in [2.75, 3.05) is 0 Å². The Labute approximate surface area is 99.7 Å². The molecular weight excluding hydrogens is 208 g/mol. The summed E-state index contributed by atoms with van der Waals surface area (Å²) in [4.78, 5) is 0. The molecule has 1 heterocycles. The second-order valence-corrected chi connectivity index (χ2v) is 4.09. The summed E-state index contributed by atoms with van der Waals surface area (Å²) in [6.45, 7) is 0.754. The van der Waals surface area contributed by atoms with Gasteiger partial charge in [-0.25, -0.2) is 0 Å². The van der Waals surface area contributed by atoms with Crippen LogP contribution in [0.2, 0.25) is 0 Å². The molecule has 0 saturated carbocycles. The van der Waals surface area contributed by atoms with Crippen molar-refractivity contribution in [3.8, 4) is 6.07 Å². The Balaban J connectivity index is 2.38. The summed E-state index contributed by atoms with van der Waals surface area (Å²) in [5.41, 5.74) is 2.42. The van der Waals surface area contributed by atoms with Gasteiger partial charge in [0.1, 0.15) is 0 Å². The molecule has 0 N–H and O–H groups in total. The van der Waals surface area contributed by atoms with Crippen LogP contribution in [0.4, 0.5) is 0 Å². The maximum absolute atomic E-state index is 8.75. The van der Waals surface area contributed by atoms with Crippen molar-refractivity contribution in [3.63, 3.8) is 0 Å². The summed E-state index contributed by atoms with van der Waals surface area (Å²) in [6.07, 6.45) is 0.544. The molecule has 3 rings (SSSR count). The van der Waals surface area contributed by atoms with Crippen molar-refractivity contribution >= 4 is 21.8 Å². The van der Waals surface area contributed by atoms with Crippen LogP contribution in [-0.2, 0) is 6.54 Å². The minimum absolute atomic E-state index is 0.544. The van der Waals surface area contributed by atoms with Gasteiger partial charge in [0.2, 0.25) is 0 Å². The van der Waals surface area contributed by atoms with Crippen LogP contribution in [0, 0.1) is 11.3 Å². The van der Waals surface area contributed by atoms with Crippen molar-refractivity contribution in [1.82, 2.24) is 4.57 Å². The first kappa shape index (κ1) is 9.92. The van der Waals surface area contributed by atoms with Gasteiger partial charge in [0, 0.05) is 28.4 Å². The minimum atomic E-state index is 0.544. The third-order valence-electron chi connectivity index (χ3n) is 3.13. The zero-order valence-corrected chi connectivity index (χ0v) is 9.43. The predicted molar refractivity (Wildman–Crippen MR) is 69.7 cm³/mol. The Kier molecular flexibility index (Phi) is 2.31. The summed E-state index contributed by atoms with van der Waals surface area (Å²) in [5.74, 6) is 0. The average Bonchev–Trinajstić information content (AvgIpc) is 2.71. The molecule has 17 heavy (non-hydrogen) atoms. The smallest absolute Gasteiger partial charge is 0.0640 e. The normalized spacial score (nSPS) is 10.8. The molecule has 0 aliphatic rings. The zero-order chi connectivity index (χ0) is 11.7. The van der Waals surface area contributed by atoms with Crippen LogP contribution in [0.25, 0.3) is 21.8 Å². The van der Waals surface area contributed by atoms with E-state index in [1.807, 2.05) is 12.1 Å². The molecule has 82 valence electrons. The standard InChI is InChI=1S/C15H12N2/c16-10-5-11-17-14-8-3-1-6-12(14)13-7-2-4-9-15(13)17/h1-4,6-9H,5,11H2. The molecule has 0 aliphatic carbocycles. The van der Waals surface area contributed by atoms with E-state index in [-0.39, 0.29) is 0 Å². The predicted octanol–water partition coefficient (Wildman–Crippen LogP) is 3.71. The van der Waals surface area contributed by atoms with Gasteiger partial charge in [-0.2, -0.15) is 5.26 Å². The molecule has 2 aromatic carbocycles. The Hall–Kier alpha value is -2.27. The highest BCUT2D eigenvalue weighted by Crippen LogP contribution is 2.28. The number of benzene rings is 2. The fourth-order valence-corrected chi connectivity index (χ4v) is 2.41. The number of hydrogen-bond acceptors (Lipinski definition) is 1. The summed E-state index contributed by atoms with van der Waals surface area (Å²) in [5, 5.41) is 11.3. The van der Waals surface area contributed by atoms with E-state index in [1.165, 1.54) is 21.8 Å². The first-order chi connectivity index (χ1) is 8.42. The monoisotopic (exact) mass is 220 g/mol. The van der Waals surface area contributed by atoms with E-state index in [0.29, 0.717) is 6.42 Å². The maximum atomic E-state index is 8.75. The van der Waals surface area contributed by atoms with Gasteiger partial charge < -0.3 is 4.57 Å². The van der Waals surface area contributed by atoms with Crippen molar-refractivity contribution < 1.29 is 0 Å². The second-order valence-electron chi connectivity index (χ2n) is 4.09. The molecule has 3 aromatic rings. The Bertz CT molecular complexity index is 663. The lowest BCUT2D eigenvalue weighted by Crippen LogP contribution is -1.95. The lowest BCUT2D eigenvalue weighted by molar-refractivity contribution is 0.768. The molecule has 0 amide bonds. The van der Waals surface area contributed by atoms with Gasteiger partial charge in [-0.05, 0) is 12.1 Å². The summed E-state index contributed by atoms with van der Waals surface area (Å²) >= 11 is 0. The van der Waals surface area contributed by atoms with Gasteiger partial charge in [-0.15, -0.1) is 0 Å². The third-order valence-corrected chi connectivity index (χ3v) is 3.13. The van der Waals surface area contributed by atoms with E-state index < -0.39 is 0 Å². The van der Waals surface area contributed by atoms with Crippen LogP contribution in [-0.4, -0.2) is 4.57 Å². The molecule has 0 bridgehead atoms. The van der Waals surface area contributed by atoms with Gasteiger partial charge in [-0.1, -0.05) is 36.4 Å². The van der Waals surface area contributed by atoms with Crippen molar-refractivity contribution in [1.29, 1.82) is 5.26 Å². The second kappa shape index (κ2) is 3.95. The lowest BCUT2D eigenvalue weighted by Gasteiger charge is -2.03. The fourth-order valence-electron chi connectivity index (χ4n) is 2.41. The highest BCUT2D eigenvalue weighted by Gasteiger charge is 2.08. The van der Waals surface area contributed by atoms with Gasteiger partial charge in [-0.3, -0.25) is 0 Å². The molecule has 0 aliphatic heterocycles. The van der Waals surface area contributed by atoms with Crippen molar-refractivity contribution in [3.05, 3.63) is 48.5 Å². The number of aromatic nitrogens is 1. The molecule has 0 atom stereocenters. The number of aryl methyl sites for hydroxylation is 1. The topological polar surface area (TPSA) is 28.7 Å². The lowest BCUT2D eigenvalue weighted by atomic mass is 10.2. The van der Waals surface area contributed by atoms with Crippen LogP contribution >= 0.6 is 0 Å². The number of nitrogens with zero attached hydrogens (tertiary/aromatic N) is 2. The zero-order valence-electron chi connectivity index (χ0n) is 9.43. The highest BCUT2D eigenvalue weighted by molar-refractivity contribution is 6.07. The summed E-state index contributed by atoms with van der Waals surface area (Å²) < 4.78 is 2.23. The number of para-hydroxylation sites is 2. The fraction of sp³-hybridized carbons (Fsp3) is 0.133. The van der Waals surface area contributed by atoms with Crippen LogP contribution < -0.4 is 0 Å². The molecule has 0 spiro atoms. The van der Waals surface area contributed by atoms with Crippen LogP contribution in [0.3, 0.4) is 0 Å². The maximum Gasteiger partial charge on any atom is 0.0640 e. The average molecular weight is 220 g/mol. The Morgan fingerprint density at radius 3 is 1.94 bits per heavy atom. The van der Waals surface area contributed by atoms with E-state index in [0.717, 1.165) is 6.54 Å². The van der Waals surface area contributed by atoms with Gasteiger partial charge in [0.15, 0.2) is 0 Å². The summed E-state index contributed by atoms with van der Waals surface area (Å²) in [7, 11) is 0. The van der Waals surface area contributed by atoms with Crippen LogP contribution in [0.5, 0.6) is 0 Å². The number of nitriles is 1. The van der Waals surface area contributed by atoms with E-state index in [2.05, 4.69) is 47.0 Å². The molecule has 0 fully saturated rings. The number of hydrogen-bond donors (Lipinski definition) is 0. The van der Waals surface area contributed by atoms with Crippen molar-refractivity contribution in [2.45, 2.75) is 13.0 Å². The number of rotatable bonds is 2. The molecule has 0 saturated heterocycles. The van der Waals surface area contributed by atoms with E-state index in [9.17, 15) is 0 Å². The summed E-state index contributed by atoms with van der Waals surface area (Å²) in [6, 6.07) is 18.9.